The average Bonchev–Trinajstić information content (AvgIpc) is 2.19. The second-order valence-corrected chi connectivity index (χ2v) is 4.17. The molecule has 0 unspecified atom stereocenters. The number of rotatable bonds is 1. The molecule has 0 bridgehead atoms. The van der Waals surface area contributed by atoms with Crippen LogP contribution < -0.4 is 0 Å². The molecule has 0 N–H and O–H groups in total. The van der Waals surface area contributed by atoms with Gasteiger partial charge in [-0.25, -0.2) is 9.97 Å². The molecule has 82 valence electrons. The van der Waals surface area contributed by atoms with E-state index in [2.05, 4.69) is 9.97 Å². The molecule has 0 saturated carbocycles. The van der Waals surface area contributed by atoms with Gasteiger partial charge in [0.25, 0.3) is 0 Å². The molecule has 0 aliphatic rings. The van der Waals surface area contributed by atoms with Crippen molar-refractivity contribution in [2.75, 3.05) is 0 Å². The molecule has 0 spiro atoms. The Morgan fingerprint density at radius 1 is 1.19 bits per heavy atom. The summed E-state index contributed by atoms with van der Waals surface area (Å²) in [7, 11) is 0. The second-order valence-electron chi connectivity index (χ2n) is 3.81. The van der Waals surface area contributed by atoms with Crippen molar-refractivity contribution in [2.45, 2.75) is 20.8 Å². The smallest absolute Gasteiger partial charge is 0.160 e. The first kappa shape index (κ1) is 11.0. The van der Waals surface area contributed by atoms with E-state index < -0.39 is 0 Å². The van der Waals surface area contributed by atoms with Gasteiger partial charge in [0, 0.05) is 5.56 Å². The van der Waals surface area contributed by atoms with Crippen molar-refractivity contribution < 1.29 is 4.79 Å². The number of hydrogen-bond acceptors (Lipinski definition) is 3. The van der Waals surface area contributed by atoms with Crippen LogP contribution in [0.25, 0.3) is 11.0 Å². The second kappa shape index (κ2) is 3.83. The summed E-state index contributed by atoms with van der Waals surface area (Å²) in [5, 5.41) is 0.380. The van der Waals surface area contributed by atoms with Gasteiger partial charge in [-0.05, 0) is 38.5 Å². The fraction of sp³-hybridized carbons (Fsp3) is 0.250. The lowest BCUT2D eigenvalue weighted by atomic mass is 10.0. The van der Waals surface area contributed by atoms with Crippen LogP contribution in [-0.2, 0) is 0 Å². The molecule has 0 radical (unpaired) electrons. The Morgan fingerprint density at radius 3 is 2.44 bits per heavy atom. The Hall–Kier alpha value is -1.48. The molecule has 0 amide bonds. The van der Waals surface area contributed by atoms with Crippen molar-refractivity contribution in [1.29, 1.82) is 0 Å². The van der Waals surface area contributed by atoms with E-state index in [4.69, 9.17) is 11.6 Å². The van der Waals surface area contributed by atoms with Gasteiger partial charge in [-0.1, -0.05) is 11.6 Å². The third-order valence-electron chi connectivity index (χ3n) is 2.51. The summed E-state index contributed by atoms with van der Waals surface area (Å²) in [6.07, 6.45) is 0. The minimum atomic E-state index is 0.0258. The molecule has 0 aliphatic heterocycles. The van der Waals surface area contributed by atoms with E-state index in [1.165, 1.54) is 6.92 Å². The van der Waals surface area contributed by atoms with Gasteiger partial charge >= 0.3 is 0 Å². The standard InChI is InChI=1S/C12H11ClN2O/c1-6-4-10-11(5-9(6)8(3)16)15-12(13)7(2)14-10/h4-5H,1-3H3. The molecule has 0 saturated heterocycles. The highest BCUT2D eigenvalue weighted by atomic mass is 35.5. The van der Waals surface area contributed by atoms with Crippen molar-refractivity contribution >= 4 is 28.4 Å². The molecule has 1 aromatic carbocycles. The number of benzene rings is 1. The number of hydrogen-bond donors (Lipinski definition) is 0. The van der Waals surface area contributed by atoms with Gasteiger partial charge in [0.05, 0.1) is 16.7 Å². The van der Waals surface area contributed by atoms with Crippen molar-refractivity contribution in [3.8, 4) is 0 Å². The molecule has 4 heteroatoms. The minimum absolute atomic E-state index is 0.0258. The maximum absolute atomic E-state index is 11.4. The van der Waals surface area contributed by atoms with Gasteiger partial charge in [-0.2, -0.15) is 0 Å². The lowest BCUT2D eigenvalue weighted by molar-refractivity contribution is 0.101. The Kier molecular flexibility index (Phi) is 2.64. The van der Waals surface area contributed by atoms with E-state index in [-0.39, 0.29) is 5.78 Å². The number of carbonyl (C=O) groups excluding carboxylic acids is 1. The summed E-state index contributed by atoms with van der Waals surface area (Å²) < 4.78 is 0. The zero-order chi connectivity index (χ0) is 11.9. The molecule has 0 atom stereocenters. The lowest BCUT2D eigenvalue weighted by Gasteiger charge is -2.05. The van der Waals surface area contributed by atoms with Gasteiger partial charge in [-0.15, -0.1) is 0 Å². The van der Waals surface area contributed by atoms with Crippen LogP contribution in [0.2, 0.25) is 5.15 Å². The Labute approximate surface area is 98.5 Å². The predicted molar refractivity (Wildman–Crippen MR) is 64.0 cm³/mol. The molecule has 1 heterocycles. The summed E-state index contributed by atoms with van der Waals surface area (Å²) in [6.45, 7) is 5.24. The summed E-state index contributed by atoms with van der Waals surface area (Å²) >= 11 is 5.90. The topological polar surface area (TPSA) is 42.9 Å². The van der Waals surface area contributed by atoms with Crippen molar-refractivity contribution in [3.63, 3.8) is 0 Å². The van der Waals surface area contributed by atoms with Crippen LogP contribution in [0.4, 0.5) is 0 Å². The molecular weight excluding hydrogens is 224 g/mol. The summed E-state index contributed by atoms with van der Waals surface area (Å²) in [5.74, 6) is 0.0258. The molecular formula is C12H11ClN2O. The Balaban J connectivity index is 2.79. The number of Topliss-reactive ketones (excluding diaryl/α,β-unsaturated/α-hetero) is 1. The van der Waals surface area contributed by atoms with Crippen molar-refractivity contribution in [3.05, 3.63) is 34.1 Å². The Morgan fingerprint density at radius 2 is 1.81 bits per heavy atom. The molecule has 2 aromatic rings. The van der Waals surface area contributed by atoms with Gasteiger partial charge in [-0.3, -0.25) is 4.79 Å². The van der Waals surface area contributed by atoms with Crippen LogP contribution in [0.3, 0.4) is 0 Å². The van der Waals surface area contributed by atoms with E-state index in [0.29, 0.717) is 21.9 Å². The molecule has 1 aromatic heterocycles. The van der Waals surface area contributed by atoms with Gasteiger partial charge < -0.3 is 0 Å². The third kappa shape index (κ3) is 1.78. The number of nitrogens with zero attached hydrogens (tertiary/aromatic N) is 2. The highest BCUT2D eigenvalue weighted by molar-refractivity contribution is 6.30. The summed E-state index contributed by atoms with van der Waals surface area (Å²) in [5.41, 5.74) is 3.71. The van der Waals surface area contributed by atoms with Gasteiger partial charge in [0.15, 0.2) is 10.9 Å². The number of ketones is 1. The van der Waals surface area contributed by atoms with Crippen LogP contribution in [0.15, 0.2) is 12.1 Å². The summed E-state index contributed by atoms with van der Waals surface area (Å²) in [4.78, 5) is 19.9. The lowest BCUT2D eigenvalue weighted by Crippen LogP contribution is -1.98. The van der Waals surface area contributed by atoms with E-state index in [9.17, 15) is 4.79 Å². The number of halogens is 1. The minimum Gasteiger partial charge on any atom is -0.294 e. The zero-order valence-corrected chi connectivity index (χ0v) is 10.1. The number of carbonyl (C=O) groups is 1. The Bertz CT molecular complexity index is 593. The van der Waals surface area contributed by atoms with Crippen LogP contribution in [0.5, 0.6) is 0 Å². The predicted octanol–water partition coefficient (Wildman–Crippen LogP) is 3.10. The van der Waals surface area contributed by atoms with E-state index in [1.807, 2.05) is 19.9 Å². The van der Waals surface area contributed by atoms with Gasteiger partial charge in [0.1, 0.15) is 0 Å². The number of fused-ring (bicyclic) bond motifs is 1. The van der Waals surface area contributed by atoms with Crippen LogP contribution in [0, 0.1) is 13.8 Å². The van der Waals surface area contributed by atoms with Crippen molar-refractivity contribution in [2.24, 2.45) is 0 Å². The number of aromatic nitrogens is 2. The van der Waals surface area contributed by atoms with Crippen LogP contribution in [0.1, 0.15) is 28.5 Å². The van der Waals surface area contributed by atoms with Crippen LogP contribution >= 0.6 is 11.6 Å². The first-order chi connectivity index (χ1) is 7.49. The molecule has 3 nitrogen and oxygen atoms in total. The molecule has 2 rings (SSSR count). The third-order valence-corrected chi connectivity index (χ3v) is 2.86. The van der Waals surface area contributed by atoms with E-state index in [1.54, 1.807) is 6.07 Å². The number of aryl methyl sites for hydroxylation is 2. The van der Waals surface area contributed by atoms with Crippen molar-refractivity contribution in [1.82, 2.24) is 9.97 Å². The highest BCUT2D eigenvalue weighted by Gasteiger charge is 2.09. The average molecular weight is 235 g/mol. The normalized spacial score (nSPS) is 10.8. The quantitative estimate of drug-likeness (QED) is 0.712. The molecule has 0 fully saturated rings. The fourth-order valence-electron chi connectivity index (χ4n) is 1.65. The first-order valence-electron chi connectivity index (χ1n) is 4.94. The zero-order valence-electron chi connectivity index (χ0n) is 9.34. The fourth-order valence-corrected chi connectivity index (χ4v) is 1.79. The monoisotopic (exact) mass is 234 g/mol. The SMILES string of the molecule is CC(=O)c1cc2nc(Cl)c(C)nc2cc1C. The summed E-state index contributed by atoms with van der Waals surface area (Å²) in [6, 6.07) is 3.60. The highest BCUT2D eigenvalue weighted by Crippen LogP contribution is 2.20. The molecule has 0 aliphatic carbocycles. The maximum Gasteiger partial charge on any atom is 0.160 e. The van der Waals surface area contributed by atoms with Gasteiger partial charge in [0.2, 0.25) is 0 Å². The van der Waals surface area contributed by atoms with Crippen LogP contribution in [-0.4, -0.2) is 15.8 Å². The first-order valence-corrected chi connectivity index (χ1v) is 5.32. The molecule has 16 heavy (non-hydrogen) atoms. The van der Waals surface area contributed by atoms with E-state index in [0.717, 1.165) is 11.1 Å². The maximum atomic E-state index is 11.4. The van der Waals surface area contributed by atoms with E-state index >= 15 is 0 Å². The largest absolute Gasteiger partial charge is 0.294 e.